The molecule has 0 amide bonds. The first kappa shape index (κ1) is 19.7. The molecule has 2 aromatic rings. The lowest BCUT2D eigenvalue weighted by Gasteiger charge is -2.29. The molecule has 1 saturated heterocycles. The molecular formula is C21H23F3O3. The summed E-state index contributed by atoms with van der Waals surface area (Å²) in [6, 6.07) is 6.87. The van der Waals surface area contributed by atoms with Gasteiger partial charge in [0.1, 0.15) is 5.82 Å². The third-order valence-corrected chi connectivity index (χ3v) is 4.57. The monoisotopic (exact) mass is 380 g/mol. The van der Waals surface area contributed by atoms with Crippen LogP contribution in [0.5, 0.6) is 5.75 Å². The summed E-state index contributed by atoms with van der Waals surface area (Å²) in [4.78, 5) is 0. The van der Waals surface area contributed by atoms with Crippen molar-refractivity contribution >= 4 is 0 Å². The van der Waals surface area contributed by atoms with Gasteiger partial charge in [0.25, 0.3) is 0 Å². The highest BCUT2D eigenvalue weighted by molar-refractivity contribution is 5.66. The third-order valence-electron chi connectivity index (χ3n) is 4.57. The highest BCUT2D eigenvalue weighted by atomic mass is 19.2. The molecule has 1 aliphatic heterocycles. The Balaban J connectivity index is 1.81. The molecule has 0 radical (unpaired) electrons. The first-order valence-corrected chi connectivity index (χ1v) is 9.18. The zero-order valence-electron chi connectivity index (χ0n) is 15.4. The molecule has 0 aliphatic carbocycles. The second-order valence-electron chi connectivity index (χ2n) is 6.56. The number of rotatable bonds is 6. The average Bonchev–Trinajstić information content (AvgIpc) is 2.67. The molecule has 1 heterocycles. The molecule has 0 atom stereocenters. The highest BCUT2D eigenvalue weighted by Crippen LogP contribution is 2.34. The van der Waals surface area contributed by atoms with Crippen LogP contribution in [0.15, 0.2) is 30.3 Å². The quantitative estimate of drug-likeness (QED) is 0.650. The Bertz CT molecular complexity index is 786. The van der Waals surface area contributed by atoms with Crippen LogP contribution in [0, 0.1) is 23.4 Å². The third kappa shape index (κ3) is 4.28. The van der Waals surface area contributed by atoms with Gasteiger partial charge in [0, 0.05) is 22.6 Å². The second kappa shape index (κ2) is 8.76. The van der Waals surface area contributed by atoms with Gasteiger partial charge in [0.2, 0.25) is 5.82 Å². The standard InChI is InChI=1S/C21H23F3O3/c1-3-5-13-11-26-21(27-12-13)14-6-7-15(17(22)10-14)16-8-9-18(25-4-2)20(24)19(16)23/h6-10,13,21H,3-5,11-12H2,1-2H3. The summed E-state index contributed by atoms with van der Waals surface area (Å²) in [6.45, 7) is 5.09. The molecule has 2 aromatic carbocycles. The zero-order chi connectivity index (χ0) is 19.4. The van der Waals surface area contributed by atoms with E-state index < -0.39 is 23.7 Å². The number of ether oxygens (including phenoxy) is 3. The van der Waals surface area contributed by atoms with E-state index in [9.17, 15) is 13.2 Å². The van der Waals surface area contributed by atoms with Crippen molar-refractivity contribution < 1.29 is 27.4 Å². The van der Waals surface area contributed by atoms with Crippen LogP contribution in [0.3, 0.4) is 0 Å². The lowest BCUT2D eigenvalue weighted by Crippen LogP contribution is -2.27. The molecule has 3 nitrogen and oxygen atoms in total. The summed E-state index contributed by atoms with van der Waals surface area (Å²) in [5, 5.41) is 0. The van der Waals surface area contributed by atoms with Crippen LogP contribution in [0.4, 0.5) is 13.2 Å². The van der Waals surface area contributed by atoms with Crippen molar-refractivity contribution in [1.29, 1.82) is 0 Å². The van der Waals surface area contributed by atoms with E-state index in [-0.39, 0.29) is 23.5 Å². The van der Waals surface area contributed by atoms with Crippen molar-refractivity contribution in [2.24, 2.45) is 5.92 Å². The topological polar surface area (TPSA) is 27.7 Å². The van der Waals surface area contributed by atoms with Gasteiger partial charge in [0.15, 0.2) is 17.9 Å². The van der Waals surface area contributed by atoms with Crippen LogP contribution in [-0.4, -0.2) is 19.8 Å². The molecule has 0 saturated carbocycles. The Morgan fingerprint density at radius 2 is 1.67 bits per heavy atom. The van der Waals surface area contributed by atoms with Crippen LogP contribution in [0.1, 0.15) is 38.5 Å². The molecule has 0 N–H and O–H groups in total. The van der Waals surface area contributed by atoms with Gasteiger partial charge in [-0.1, -0.05) is 25.5 Å². The van der Waals surface area contributed by atoms with Gasteiger partial charge in [0.05, 0.1) is 19.8 Å². The summed E-state index contributed by atoms with van der Waals surface area (Å²) in [5.74, 6) is -2.78. The first-order valence-electron chi connectivity index (χ1n) is 9.18. The van der Waals surface area contributed by atoms with E-state index in [0.29, 0.717) is 24.7 Å². The summed E-state index contributed by atoms with van der Waals surface area (Å²) >= 11 is 0. The number of hydrogen-bond donors (Lipinski definition) is 0. The van der Waals surface area contributed by atoms with Crippen LogP contribution >= 0.6 is 0 Å². The SMILES string of the molecule is CCCC1COC(c2ccc(-c3ccc(OCC)c(F)c3F)c(F)c2)OC1. The van der Waals surface area contributed by atoms with Crippen molar-refractivity contribution in [2.75, 3.05) is 19.8 Å². The maximum Gasteiger partial charge on any atom is 0.201 e. The lowest BCUT2D eigenvalue weighted by atomic mass is 10.0. The minimum Gasteiger partial charge on any atom is -0.491 e. The molecule has 0 bridgehead atoms. The summed E-state index contributed by atoms with van der Waals surface area (Å²) in [7, 11) is 0. The van der Waals surface area contributed by atoms with Crippen LogP contribution in [0.25, 0.3) is 11.1 Å². The average molecular weight is 380 g/mol. The highest BCUT2D eigenvalue weighted by Gasteiger charge is 2.25. The lowest BCUT2D eigenvalue weighted by molar-refractivity contribution is -0.206. The van der Waals surface area contributed by atoms with Crippen LogP contribution < -0.4 is 4.74 Å². The smallest absolute Gasteiger partial charge is 0.201 e. The fourth-order valence-corrected chi connectivity index (χ4v) is 3.21. The van der Waals surface area contributed by atoms with Crippen molar-refractivity contribution in [3.05, 3.63) is 53.3 Å². The summed E-state index contributed by atoms with van der Waals surface area (Å²) in [5.41, 5.74) is 0.323. The van der Waals surface area contributed by atoms with E-state index in [4.69, 9.17) is 14.2 Å². The van der Waals surface area contributed by atoms with E-state index in [1.165, 1.54) is 24.3 Å². The van der Waals surface area contributed by atoms with Crippen molar-refractivity contribution in [2.45, 2.75) is 33.0 Å². The number of halogens is 3. The molecule has 3 rings (SSSR count). The molecular weight excluding hydrogens is 357 g/mol. The van der Waals surface area contributed by atoms with Crippen LogP contribution in [-0.2, 0) is 9.47 Å². The van der Waals surface area contributed by atoms with Crippen molar-refractivity contribution in [1.82, 2.24) is 0 Å². The maximum absolute atomic E-state index is 14.6. The van der Waals surface area contributed by atoms with E-state index in [2.05, 4.69) is 6.92 Å². The fourth-order valence-electron chi connectivity index (χ4n) is 3.21. The van der Waals surface area contributed by atoms with Crippen LogP contribution in [0.2, 0.25) is 0 Å². The molecule has 0 unspecified atom stereocenters. The summed E-state index contributed by atoms with van der Waals surface area (Å²) in [6.07, 6.45) is 1.42. The molecule has 1 fully saturated rings. The predicted molar refractivity (Wildman–Crippen MR) is 96.0 cm³/mol. The van der Waals surface area contributed by atoms with E-state index in [1.54, 1.807) is 13.0 Å². The minimum atomic E-state index is -1.14. The van der Waals surface area contributed by atoms with Gasteiger partial charge < -0.3 is 14.2 Å². The minimum absolute atomic E-state index is 0.0298. The Labute approximate surface area is 157 Å². The van der Waals surface area contributed by atoms with Gasteiger partial charge in [-0.05, 0) is 31.5 Å². The molecule has 27 heavy (non-hydrogen) atoms. The van der Waals surface area contributed by atoms with E-state index in [0.717, 1.165) is 12.8 Å². The molecule has 146 valence electrons. The Hall–Kier alpha value is -2.05. The normalized spacial score (nSPS) is 19.9. The molecule has 0 spiro atoms. The van der Waals surface area contributed by atoms with E-state index in [1.807, 2.05) is 0 Å². The van der Waals surface area contributed by atoms with Gasteiger partial charge >= 0.3 is 0 Å². The fraction of sp³-hybridized carbons (Fsp3) is 0.429. The maximum atomic E-state index is 14.6. The number of hydrogen-bond acceptors (Lipinski definition) is 3. The van der Waals surface area contributed by atoms with Gasteiger partial charge in [-0.3, -0.25) is 0 Å². The Morgan fingerprint density at radius 3 is 2.30 bits per heavy atom. The largest absolute Gasteiger partial charge is 0.491 e. The summed E-state index contributed by atoms with van der Waals surface area (Å²) < 4.78 is 59.4. The number of benzene rings is 2. The van der Waals surface area contributed by atoms with Gasteiger partial charge in [-0.15, -0.1) is 0 Å². The Morgan fingerprint density at radius 1 is 0.963 bits per heavy atom. The van der Waals surface area contributed by atoms with Gasteiger partial charge in [-0.2, -0.15) is 4.39 Å². The first-order chi connectivity index (χ1) is 13.0. The Kier molecular flexibility index (Phi) is 6.39. The van der Waals surface area contributed by atoms with E-state index >= 15 is 0 Å². The zero-order valence-corrected chi connectivity index (χ0v) is 15.4. The molecule has 6 heteroatoms. The molecule has 0 aromatic heterocycles. The predicted octanol–water partition coefficient (Wildman–Crippen LogP) is 5.63. The van der Waals surface area contributed by atoms with Crippen molar-refractivity contribution in [3.8, 4) is 16.9 Å². The van der Waals surface area contributed by atoms with Crippen molar-refractivity contribution in [3.63, 3.8) is 0 Å². The van der Waals surface area contributed by atoms with Gasteiger partial charge in [-0.25, -0.2) is 8.78 Å². The second-order valence-corrected chi connectivity index (χ2v) is 6.56. The molecule has 1 aliphatic rings.